The van der Waals surface area contributed by atoms with Crippen LogP contribution in [-0.4, -0.2) is 4.98 Å². The lowest BCUT2D eigenvalue weighted by Gasteiger charge is -2.11. The first-order valence-corrected chi connectivity index (χ1v) is 6.39. The zero-order valence-corrected chi connectivity index (χ0v) is 10.9. The van der Waals surface area contributed by atoms with Crippen LogP contribution in [0.5, 0.6) is 0 Å². The molecular weight excluding hydrogens is 220 g/mol. The minimum Gasteiger partial charge on any atom is -0.243 e. The first kappa shape index (κ1) is 11.1. The number of rotatable bonds is 1. The molecule has 0 atom stereocenters. The first-order chi connectivity index (χ1) is 8.77. The smallest absolute Gasteiger partial charge is 0.231 e. The Hall–Kier alpha value is -1.96. The van der Waals surface area contributed by atoms with Crippen LogP contribution in [0, 0.1) is 0 Å². The number of aromatic nitrogens is 2. The van der Waals surface area contributed by atoms with Crippen LogP contribution in [0.15, 0.2) is 48.2 Å². The summed E-state index contributed by atoms with van der Waals surface area (Å²) in [6.07, 6.45) is 8.89. The van der Waals surface area contributed by atoms with Gasteiger partial charge in [-0.2, -0.15) is 4.57 Å². The van der Waals surface area contributed by atoms with Gasteiger partial charge in [-0.25, -0.2) is 4.98 Å². The van der Waals surface area contributed by atoms with Crippen molar-refractivity contribution in [1.82, 2.24) is 4.98 Å². The minimum atomic E-state index is 1.04. The molecule has 1 aliphatic carbocycles. The van der Waals surface area contributed by atoms with Crippen LogP contribution < -0.4 is 4.57 Å². The van der Waals surface area contributed by atoms with E-state index >= 15 is 0 Å². The van der Waals surface area contributed by atoms with Crippen LogP contribution in [-0.2, 0) is 7.05 Å². The largest absolute Gasteiger partial charge is 0.243 e. The normalized spacial score (nSPS) is 15.4. The standard InChI is InChI=1S/C16H17N2/c1-12-7-3-4-8-13(12)16-11-17-14-9-5-6-10-15(14)18(16)2/h5-11H,3-4H2,1-2H3/q+1. The topological polar surface area (TPSA) is 16.8 Å². The molecule has 0 N–H and O–H groups in total. The number of nitrogens with zero attached hydrogens (tertiary/aromatic N) is 2. The van der Waals surface area contributed by atoms with Gasteiger partial charge in [0.1, 0.15) is 18.8 Å². The van der Waals surface area contributed by atoms with Gasteiger partial charge in [0.15, 0.2) is 0 Å². The molecule has 0 bridgehead atoms. The van der Waals surface area contributed by atoms with E-state index in [1.165, 1.54) is 22.4 Å². The molecule has 1 aromatic carbocycles. The summed E-state index contributed by atoms with van der Waals surface area (Å²) in [6.45, 7) is 2.18. The van der Waals surface area contributed by atoms with Gasteiger partial charge >= 0.3 is 0 Å². The van der Waals surface area contributed by atoms with Crippen LogP contribution in [0.25, 0.3) is 16.6 Å². The van der Waals surface area contributed by atoms with Crippen molar-refractivity contribution in [1.29, 1.82) is 0 Å². The van der Waals surface area contributed by atoms with Gasteiger partial charge in [-0.3, -0.25) is 0 Å². The fourth-order valence-electron chi connectivity index (χ4n) is 2.56. The third-order valence-electron chi connectivity index (χ3n) is 3.60. The summed E-state index contributed by atoms with van der Waals surface area (Å²) >= 11 is 0. The Morgan fingerprint density at radius 3 is 2.72 bits per heavy atom. The summed E-state index contributed by atoms with van der Waals surface area (Å²) in [6, 6.07) is 8.26. The summed E-state index contributed by atoms with van der Waals surface area (Å²) in [5.41, 5.74) is 6.09. The summed E-state index contributed by atoms with van der Waals surface area (Å²) in [5, 5.41) is 0. The van der Waals surface area contributed by atoms with E-state index < -0.39 is 0 Å². The summed E-state index contributed by atoms with van der Waals surface area (Å²) < 4.78 is 2.23. The van der Waals surface area contributed by atoms with Gasteiger partial charge in [0, 0.05) is 11.6 Å². The van der Waals surface area contributed by atoms with Crippen LogP contribution >= 0.6 is 0 Å². The van der Waals surface area contributed by atoms with Gasteiger partial charge in [-0.05, 0) is 31.4 Å². The molecule has 2 nitrogen and oxygen atoms in total. The molecule has 0 spiro atoms. The van der Waals surface area contributed by atoms with Gasteiger partial charge in [0.05, 0.1) is 0 Å². The first-order valence-electron chi connectivity index (χ1n) is 6.39. The monoisotopic (exact) mass is 237 g/mol. The van der Waals surface area contributed by atoms with Crippen LogP contribution in [0.2, 0.25) is 0 Å². The Bertz CT molecular complexity index is 666. The highest BCUT2D eigenvalue weighted by molar-refractivity contribution is 5.78. The van der Waals surface area contributed by atoms with Crippen molar-refractivity contribution in [2.24, 2.45) is 7.05 Å². The van der Waals surface area contributed by atoms with Crippen molar-refractivity contribution in [3.63, 3.8) is 0 Å². The van der Waals surface area contributed by atoms with E-state index in [1.54, 1.807) is 0 Å². The minimum absolute atomic E-state index is 1.04. The molecule has 1 heterocycles. The number of fused-ring (bicyclic) bond motifs is 1. The predicted octanol–water partition coefficient (Wildman–Crippen LogP) is 3.18. The number of aryl methyl sites for hydroxylation is 1. The molecule has 1 aliphatic rings. The molecule has 18 heavy (non-hydrogen) atoms. The average Bonchev–Trinajstić information content (AvgIpc) is 2.41. The molecule has 0 amide bonds. The van der Waals surface area contributed by atoms with E-state index in [-0.39, 0.29) is 0 Å². The fourth-order valence-corrected chi connectivity index (χ4v) is 2.56. The third-order valence-corrected chi connectivity index (χ3v) is 3.60. The molecule has 1 aromatic heterocycles. The van der Waals surface area contributed by atoms with Crippen molar-refractivity contribution in [3.05, 3.63) is 53.9 Å². The second-order valence-electron chi connectivity index (χ2n) is 4.77. The van der Waals surface area contributed by atoms with Gasteiger partial charge in [0.25, 0.3) is 0 Å². The summed E-state index contributed by atoms with van der Waals surface area (Å²) in [5.74, 6) is 0. The molecule has 3 rings (SSSR count). The molecule has 0 aliphatic heterocycles. The molecule has 90 valence electrons. The van der Waals surface area contributed by atoms with Crippen molar-refractivity contribution < 1.29 is 4.57 Å². The maximum absolute atomic E-state index is 4.56. The molecule has 0 radical (unpaired) electrons. The Morgan fingerprint density at radius 2 is 1.89 bits per heavy atom. The average molecular weight is 237 g/mol. The van der Waals surface area contributed by atoms with Gasteiger partial charge in [-0.1, -0.05) is 24.3 Å². The second-order valence-corrected chi connectivity index (χ2v) is 4.77. The van der Waals surface area contributed by atoms with Crippen LogP contribution in [0.3, 0.4) is 0 Å². The lowest BCUT2D eigenvalue weighted by molar-refractivity contribution is -0.647. The number of para-hydroxylation sites is 2. The second kappa shape index (κ2) is 4.37. The summed E-state index contributed by atoms with van der Waals surface area (Å²) in [4.78, 5) is 4.56. The number of hydrogen-bond donors (Lipinski definition) is 0. The molecule has 0 fully saturated rings. The maximum atomic E-state index is 4.56. The zero-order valence-electron chi connectivity index (χ0n) is 10.9. The number of allylic oxidation sites excluding steroid dienone is 4. The Labute approximate surface area is 107 Å². The molecule has 2 heteroatoms. The van der Waals surface area contributed by atoms with E-state index in [0.29, 0.717) is 0 Å². The quantitative estimate of drug-likeness (QED) is 0.696. The van der Waals surface area contributed by atoms with E-state index in [4.69, 9.17) is 0 Å². The third kappa shape index (κ3) is 1.74. The lowest BCUT2D eigenvalue weighted by atomic mass is 9.96. The van der Waals surface area contributed by atoms with E-state index in [9.17, 15) is 0 Å². The number of benzene rings is 1. The van der Waals surface area contributed by atoms with E-state index in [2.05, 4.69) is 53.9 Å². The van der Waals surface area contributed by atoms with Crippen molar-refractivity contribution in [3.8, 4) is 0 Å². The Kier molecular flexibility index (Phi) is 2.71. The van der Waals surface area contributed by atoms with Crippen molar-refractivity contribution in [2.75, 3.05) is 0 Å². The lowest BCUT2D eigenvalue weighted by Crippen LogP contribution is -2.34. The molecule has 0 saturated heterocycles. The molecule has 2 aromatic rings. The fraction of sp³-hybridized carbons (Fsp3) is 0.250. The maximum Gasteiger partial charge on any atom is 0.231 e. The summed E-state index contributed by atoms with van der Waals surface area (Å²) in [7, 11) is 2.11. The van der Waals surface area contributed by atoms with Gasteiger partial charge in [0.2, 0.25) is 11.2 Å². The Balaban J connectivity index is 2.22. The van der Waals surface area contributed by atoms with E-state index in [1.807, 2.05) is 12.3 Å². The molecule has 0 unspecified atom stereocenters. The molecule has 0 saturated carbocycles. The van der Waals surface area contributed by atoms with Crippen molar-refractivity contribution in [2.45, 2.75) is 19.8 Å². The number of hydrogen-bond acceptors (Lipinski definition) is 1. The SMILES string of the molecule is CC1=CCCC=C1c1cnc2ccccc2[n+]1C. The predicted molar refractivity (Wildman–Crippen MR) is 73.9 cm³/mol. The zero-order chi connectivity index (χ0) is 12.5. The Morgan fingerprint density at radius 1 is 1.11 bits per heavy atom. The molecular formula is C16H17N2+. The van der Waals surface area contributed by atoms with Crippen LogP contribution in [0.1, 0.15) is 25.5 Å². The van der Waals surface area contributed by atoms with Gasteiger partial charge < -0.3 is 0 Å². The highest BCUT2D eigenvalue weighted by Gasteiger charge is 2.18. The highest BCUT2D eigenvalue weighted by Crippen LogP contribution is 2.25. The van der Waals surface area contributed by atoms with Crippen LogP contribution in [0.4, 0.5) is 0 Å². The van der Waals surface area contributed by atoms with Crippen molar-refractivity contribution >= 4 is 16.6 Å². The highest BCUT2D eigenvalue weighted by atomic mass is 15.0. The van der Waals surface area contributed by atoms with Gasteiger partial charge in [-0.15, -0.1) is 0 Å². The van der Waals surface area contributed by atoms with E-state index in [0.717, 1.165) is 18.4 Å².